The number of rotatable bonds is 4. The van der Waals surface area contributed by atoms with Crippen LogP contribution in [0.3, 0.4) is 0 Å². The van der Waals surface area contributed by atoms with Crippen LogP contribution in [0.5, 0.6) is 5.95 Å². The average molecular weight is 247 g/mol. The van der Waals surface area contributed by atoms with Gasteiger partial charge in [-0.2, -0.15) is 0 Å². The van der Waals surface area contributed by atoms with E-state index in [1.54, 1.807) is 12.1 Å². The van der Waals surface area contributed by atoms with Gasteiger partial charge in [0.15, 0.2) is 5.43 Å². The summed E-state index contributed by atoms with van der Waals surface area (Å²) in [5.74, 6) is 0.112. The fraction of sp³-hybridized carbons (Fsp3) is 0.0833. The molecule has 0 amide bonds. The number of non-ortho nitro benzene ring substituents is 1. The maximum absolute atomic E-state index is 11.0. The maximum Gasteiger partial charge on any atom is 0.288 e. The van der Waals surface area contributed by atoms with Gasteiger partial charge in [0.1, 0.15) is 6.61 Å². The first-order chi connectivity index (χ1) is 8.65. The minimum atomic E-state index is -0.471. The third-order valence-corrected chi connectivity index (χ3v) is 2.20. The standard InChI is InChI=1S/C12H9NO5/c14-11-5-6-17-12(7-11)18-8-9-1-3-10(4-2-9)13(15)16/h1-7H,8H2. The predicted octanol–water partition coefficient (Wildman–Crippen LogP) is 2.13. The van der Waals surface area contributed by atoms with Crippen LogP contribution in [0.15, 0.2) is 51.9 Å². The molecule has 6 nitrogen and oxygen atoms in total. The summed E-state index contributed by atoms with van der Waals surface area (Å²) < 4.78 is 10.2. The van der Waals surface area contributed by atoms with Crippen LogP contribution in [0.2, 0.25) is 0 Å². The van der Waals surface area contributed by atoms with Crippen molar-refractivity contribution in [2.45, 2.75) is 6.61 Å². The Morgan fingerprint density at radius 3 is 2.56 bits per heavy atom. The van der Waals surface area contributed by atoms with Crippen LogP contribution >= 0.6 is 0 Å². The van der Waals surface area contributed by atoms with Crippen molar-refractivity contribution in [1.29, 1.82) is 0 Å². The Morgan fingerprint density at radius 2 is 1.94 bits per heavy atom. The molecule has 2 aromatic rings. The van der Waals surface area contributed by atoms with Crippen molar-refractivity contribution < 1.29 is 14.1 Å². The van der Waals surface area contributed by atoms with Crippen LogP contribution < -0.4 is 10.2 Å². The molecule has 0 spiro atoms. The zero-order chi connectivity index (χ0) is 13.0. The molecule has 0 unspecified atom stereocenters. The van der Waals surface area contributed by atoms with Gasteiger partial charge < -0.3 is 9.15 Å². The Bertz CT molecular complexity index is 602. The molecule has 6 heteroatoms. The van der Waals surface area contributed by atoms with E-state index in [0.29, 0.717) is 0 Å². The summed E-state index contributed by atoms with van der Waals surface area (Å²) in [6.07, 6.45) is 1.24. The van der Waals surface area contributed by atoms with Crippen LogP contribution in [-0.4, -0.2) is 4.92 Å². The Morgan fingerprint density at radius 1 is 1.22 bits per heavy atom. The number of hydrogen-bond acceptors (Lipinski definition) is 5. The summed E-state index contributed by atoms with van der Waals surface area (Å²) in [6.45, 7) is 0.172. The summed E-state index contributed by atoms with van der Waals surface area (Å²) in [4.78, 5) is 21.0. The molecular weight excluding hydrogens is 238 g/mol. The molecule has 0 N–H and O–H groups in total. The smallest absolute Gasteiger partial charge is 0.288 e. The van der Waals surface area contributed by atoms with Crippen molar-refractivity contribution in [2.24, 2.45) is 0 Å². The number of benzene rings is 1. The maximum atomic E-state index is 11.0. The first-order valence-corrected chi connectivity index (χ1v) is 5.10. The Labute approximate surface area is 102 Å². The molecule has 0 saturated heterocycles. The molecule has 92 valence electrons. The highest BCUT2D eigenvalue weighted by molar-refractivity contribution is 5.32. The fourth-order valence-electron chi connectivity index (χ4n) is 1.31. The molecular formula is C12H9NO5. The van der Waals surface area contributed by atoms with E-state index >= 15 is 0 Å². The zero-order valence-corrected chi connectivity index (χ0v) is 9.24. The lowest BCUT2D eigenvalue weighted by Gasteiger charge is -2.03. The Kier molecular flexibility index (Phi) is 3.38. The summed E-state index contributed by atoms with van der Waals surface area (Å²) in [5.41, 5.74) is 0.553. The summed E-state index contributed by atoms with van der Waals surface area (Å²) in [7, 11) is 0. The number of nitrogens with zero attached hydrogens (tertiary/aromatic N) is 1. The molecule has 18 heavy (non-hydrogen) atoms. The zero-order valence-electron chi connectivity index (χ0n) is 9.24. The number of nitro benzene ring substituents is 1. The minimum absolute atomic E-state index is 0.0185. The molecule has 0 aliphatic rings. The van der Waals surface area contributed by atoms with Gasteiger partial charge in [0.2, 0.25) is 0 Å². The van der Waals surface area contributed by atoms with Crippen molar-refractivity contribution in [3.63, 3.8) is 0 Å². The van der Waals surface area contributed by atoms with Crippen molar-refractivity contribution in [1.82, 2.24) is 0 Å². The van der Waals surface area contributed by atoms with E-state index in [2.05, 4.69) is 0 Å². The minimum Gasteiger partial charge on any atom is -0.460 e. The molecule has 0 aliphatic heterocycles. The SMILES string of the molecule is O=c1ccoc(OCc2ccc([N+](=O)[O-])cc2)c1. The highest BCUT2D eigenvalue weighted by Gasteiger charge is 2.04. The lowest BCUT2D eigenvalue weighted by molar-refractivity contribution is -0.384. The van der Waals surface area contributed by atoms with Crippen molar-refractivity contribution in [3.8, 4) is 5.95 Å². The van der Waals surface area contributed by atoms with Gasteiger partial charge in [-0.1, -0.05) is 0 Å². The van der Waals surface area contributed by atoms with Crippen molar-refractivity contribution >= 4 is 5.69 Å². The lowest BCUT2D eigenvalue weighted by atomic mass is 10.2. The number of nitro groups is 1. The van der Waals surface area contributed by atoms with Gasteiger partial charge in [-0.3, -0.25) is 14.9 Å². The third-order valence-electron chi connectivity index (χ3n) is 2.20. The first kappa shape index (κ1) is 11.8. The molecule has 0 atom stereocenters. The third kappa shape index (κ3) is 2.94. The van der Waals surface area contributed by atoms with Crippen LogP contribution in [0.25, 0.3) is 0 Å². The van der Waals surface area contributed by atoms with Gasteiger partial charge in [0.25, 0.3) is 11.6 Å². The average Bonchev–Trinajstić information content (AvgIpc) is 2.37. The van der Waals surface area contributed by atoms with Crippen LogP contribution in [0.1, 0.15) is 5.56 Å². The Balaban J connectivity index is 2.02. The summed E-state index contributed by atoms with van der Waals surface area (Å²) in [6, 6.07) is 8.45. The topological polar surface area (TPSA) is 82.6 Å². The molecule has 2 rings (SSSR count). The van der Waals surface area contributed by atoms with E-state index in [4.69, 9.17) is 9.15 Å². The summed E-state index contributed by atoms with van der Waals surface area (Å²) in [5, 5.41) is 10.5. The second-order valence-corrected chi connectivity index (χ2v) is 3.50. The van der Waals surface area contributed by atoms with Gasteiger partial charge in [-0.25, -0.2) is 0 Å². The van der Waals surface area contributed by atoms with Gasteiger partial charge >= 0.3 is 0 Å². The predicted molar refractivity (Wildman–Crippen MR) is 62.4 cm³/mol. The van der Waals surface area contributed by atoms with Crippen molar-refractivity contribution in [3.05, 3.63) is 68.6 Å². The van der Waals surface area contributed by atoms with Gasteiger partial charge in [0, 0.05) is 18.2 Å². The Hall–Kier alpha value is -2.63. The normalized spacial score (nSPS) is 10.0. The second-order valence-electron chi connectivity index (χ2n) is 3.50. The lowest BCUT2D eigenvalue weighted by Crippen LogP contribution is -2.00. The highest BCUT2D eigenvalue weighted by atomic mass is 16.6. The second kappa shape index (κ2) is 5.13. The van der Waals surface area contributed by atoms with E-state index in [0.717, 1.165) is 5.56 Å². The van der Waals surface area contributed by atoms with E-state index < -0.39 is 4.92 Å². The van der Waals surface area contributed by atoms with E-state index in [-0.39, 0.29) is 23.7 Å². The van der Waals surface area contributed by atoms with E-state index in [1.165, 1.54) is 30.5 Å². The molecule has 0 fully saturated rings. The molecule has 0 aliphatic carbocycles. The van der Waals surface area contributed by atoms with E-state index in [1.807, 2.05) is 0 Å². The van der Waals surface area contributed by atoms with Crippen molar-refractivity contribution in [2.75, 3.05) is 0 Å². The molecule has 1 aromatic heterocycles. The molecule has 1 aromatic carbocycles. The molecule has 0 saturated carbocycles. The van der Waals surface area contributed by atoms with Crippen LogP contribution in [0.4, 0.5) is 5.69 Å². The van der Waals surface area contributed by atoms with Gasteiger partial charge in [0.05, 0.1) is 17.3 Å². The molecule has 1 heterocycles. The molecule has 0 radical (unpaired) electrons. The van der Waals surface area contributed by atoms with Crippen LogP contribution in [-0.2, 0) is 6.61 Å². The summed E-state index contributed by atoms with van der Waals surface area (Å²) >= 11 is 0. The fourth-order valence-corrected chi connectivity index (χ4v) is 1.31. The largest absolute Gasteiger partial charge is 0.460 e. The number of hydrogen-bond donors (Lipinski definition) is 0. The van der Waals surface area contributed by atoms with Gasteiger partial charge in [-0.15, -0.1) is 0 Å². The number of ether oxygens (including phenoxy) is 1. The molecule has 0 bridgehead atoms. The van der Waals surface area contributed by atoms with E-state index in [9.17, 15) is 14.9 Å². The monoisotopic (exact) mass is 247 g/mol. The van der Waals surface area contributed by atoms with Crippen LogP contribution in [0, 0.1) is 10.1 Å². The first-order valence-electron chi connectivity index (χ1n) is 5.10. The quantitative estimate of drug-likeness (QED) is 0.610. The highest BCUT2D eigenvalue weighted by Crippen LogP contribution is 2.14. The van der Waals surface area contributed by atoms with Gasteiger partial charge in [-0.05, 0) is 17.7 Å².